The van der Waals surface area contributed by atoms with Crippen LogP contribution in [0.5, 0.6) is 0 Å². The van der Waals surface area contributed by atoms with Gasteiger partial charge in [0.15, 0.2) is 5.78 Å². The van der Waals surface area contributed by atoms with Crippen molar-refractivity contribution in [1.82, 2.24) is 9.80 Å². The van der Waals surface area contributed by atoms with Crippen LogP contribution in [0.15, 0.2) is 24.3 Å². The molecule has 0 aromatic heterocycles. The zero-order valence-corrected chi connectivity index (χ0v) is 18.4. The average Bonchev–Trinajstić information content (AvgIpc) is 2.72. The molecule has 1 aliphatic heterocycles. The fourth-order valence-electron chi connectivity index (χ4n) is 3.99. The lowest BCUT2D eigenvalue weighted by atomic mass is 9.94. The number of ketones is 1. The minimum absolute atomic E-state index is 0.0149. The van der Waals surface area contributed by atoms with Gasteiger partial charge in [-0.1, -0.05) is 38.1 Å². The molecule has 0 N–H and O–H groups in total. The normalized spacial score (nSPS) is 14.9. The first kappa shape index (κ1) is 23.1. The summed E-state index contributed by atoms with van der Waals surface area (Å²) in [6, 6.07) is 7.75. The molecule has 0 unspecified atom stereocenters. The number of carbonyl (C=O) groups is 3. The van der Waals surface area contributed by atoms with E-state index in [1.165, 1.54) is 5.56 Å². The van der Waals surface area contributed by atoms with E-state index >= 15 is 0 Å². The summed E-state index contributed by atoms with van der Waals surface area (Å²) in [5, 5.41) is 0. The number of likely N-dealkylation sites (tertiary alicyclic amines) is 1. The number of nitrogens with zero attached hydrogens (tertiary/aromatic N) is 2. The predicted molar refractivity (Wildman–Crippen MR) is 116 cm³/mol. The standard InChI is InChI=1S/C24H36N2O3/c1-5-25(6-2)24(29)21-13-15-26(16-14-21)23(28)12-11-22(27)20-9-7-19(8-10-20)17-18(3)4/h7-10,18,21H,5-6,11-17H2,1-4H3. The number of hydrogen-bond acceptors (Lipinski definition) is 3. The second-order valence-electron chi connectivity index (χ2n) is 8.38. The topological polar surface area (TPSA) is 57.7 Å². The SMILES string of the molecule is CCN(CC)C(=O)C1CCN(C(=O)CCC(=O)c2ccc(CC(C)C)cc2)CC1. The molecule has 1 fully saturated rings. The van der Waals surface area contributed by atoms with E-state index < -0.39 is 0 Å². The van der Waals surface area contributed by atoms with Crippen LogP contribution in [0.2, 0.25) is 0 Å². The van der Waals surface area contributed by atoms with Crippen molar-refractivity contribution >= 4 is 17.6 Å². The molecule has 0 saturated carbocycles. The smallest absolute Gasteiger partial charge is 0.225 e. The van der Waals surface area contributed by atoms with Gasteiger partial charge in [-0.05, 0) is 44.6 Å². The highest BCUT2D eigenvalue weighted by molar-refractivity contribution is 5.98. The minimum Gasteiger partial charge on any atom is -0.343 e. The van der Waals surface area contributed by atoms with E-state index in [1.54, 1.807) is 0 Å². The Morgan fingerprint density at radius 1 is 1.00 bits per heavy atom. The number of amides is 2. The molecule has 1 aromatic rings. The second kappa shape index (κ2) is 11.1. The molecule has 1 aliphatic rings. The third kappa shape index (κ3) is 6.69. The number of Topliss-reactive ketones (excluding diaryl/α,β-unsaturated/α-hetero) is 1. The Morgan fingerprint density at radius 3 is 2.10 bits per heavy atom. The summed E-state index contributed by atoms with van der Waals surface area (Å²) < 4.78 is 0. The zero-order valence-electron chi connectivity index (χ0n) is 18.4. The van der Waals surface area contributed by atoms with E-state index in [0.29, 0.717) is 37.4 Å². The molecule has 0 aliphatic carbocycles. The van der Waals surface area contributed by atoms with Crippen molar-refractivity contribution in [1.29, 1.82) is 0 Å². The lowest BCUT2D eigenvalue weighted by molar-refractivity contribution is -0.140. The molecule has 2 amide bonds. The number of rotatable bonds is 9. The lowest BCUT2D eigenvalue weighted by Crippen LogP contribution is -2.44. The Hall–Kier alpha value is -2.17. The van der Waals surface area contributed by atoms with Crippen LogP contribution < -0.4 is 0 Å². The van der Waals surface area contributed by atoms with Crippen molar-refractivity contribution in [3.05, 3.63) is 35.4 Å². The van der Waals surface area contributed by atoms with Gasteiger partial charge in [-0.25, -0.2) is 0 Å². The maximum Gasteiger partial charge on any atom is 0.225 e. The molecule has 0 atom stereocenters. The summed E-state index contributed by atoms with van der Waals surface area (Å²) in [6.45, 7) is 11.0. The third-order valence-corrected chi connectivity index (χ3v) is 5.76. The molecule has 1 aromatic carbocycles. The fraction of sp³-hybridized carbons (Fsp3) is 0.625. The molecule has 29 heavy (non-hydrogen) atoms. The highest BCUT2D eigenvalue weighted by Crippen LogP contribution is 2.21. The van der Waals surface area contributed by atoms with Crippen LogP contribution in [-0.2, 0) is 16.0 Å². The van der Waals surface area contributed by atoms with Gasteiger partial charge in [0.1, 0.15) is 0 Å². The molecule has 160 valence electrons. The zero-order chi connectivity index (χ0) is 21.4. The first-order valence-corrected chi connectivity index (χ1v) is 11.0. The van der Waals surface area contributed by atoms with E-state index in [9.17, 15) is 14.4 Å². The quantitative estimate of drug-likeness (QED) is 0.590. The summed E-state index contributed by atoms with van der Waals surface area (Å²) in [5.74, 6) is 0.841. The van der Waals surface area contributed by atoms with E-state index in [2.05, 4.69) is 13.8 Å². The summed E-state index contributed by atoms with van der Waals surface area (Å²) in [7, 11) is 0. The monoisotopic (exact) mass is 400 g/mol. The molecule has 1 heterocycles. The molecular weight excluding hydrogens is 364 g/mol. The van der Waals surface area contributed by atoms with Gasteiger partial charge in [-0.15, -0.1) is 0 Å². The fourth-order valence-corrected chi connectivity index (χ4v) is 3.99. The van der Waals surface area contributed by atoms with Gasteiger partial charge in [-0.2, -0.15) is 0 Å². The van der Waals surface area contributed by atoms with Crippen LogP contribution in [0.3, 0.4) is 0 Å². The molecule has 0 radical (unpaired) electrons. The van der Waals surface area contributed by atoms with E-state index in [0.717, 1.165) is 19.5 Å². The number of benzene rings is 1. The Labute approximate surface area is 175 Å². The predicted octanol–water partition coefficient (Wildman–Crippen LogP) is 3.96. The van der Waals surface area contributed by atoms with Crippen molar-refractivity contribution in [3.63, 3.8) is 0 Å². The number of carbonyl (C=O) groups excluding carboxylic acids is 3. The highest BCUT2D eigenvalue weighted by Gasteiger charge is 2.29. The summed E-state index contributed by atoms with van der Waals surface area (Å²) in [6.07, 6.45) is 2.90. The maximum absolute atomic E-state index is 12.5. The van der Waals surface area contributed by atoms with Gasteiger partial charge in [0.05, 0.1) is 0 Å². The Balaban J connectivity index is 1.78. The maximum atomic E-state index is 12.5. The van der Waals surface area contributed by atoms with Crippen molar-refractivity contribution in [2.75, 3.05) is 26.2 Å². The van der Waals surface area contributed by atoms with Gasteiger partial charge in [0.25, 0.3) is 0 Å². The number of piperidine rings is 1. The molecule has 5 nitrogen and oxygen atoms in total. The van der Waals surface area contributed by atoms with Crippen molar-refractivity contribution in [2.24, 2.45) is 11.8 Å². The number of hydrogen-bond donors (Lipinski definition) is 0. The first-order valence-electron chi connectivity index (χ1n) is 11.0. The summed E-state index contributed by atoms with van der Waals surface area (Å²) in [5.41, 5.74) is 1.91. The van der Waals surface area contributed by atoms with Crippen LogP contribution in [-0.4, -0.2) is 53.6 Å². The largest absolute Gasteiger partial charge is 0.343 e. The van der Waals surface area contributed by atoms with Crippen LogP contribution in [0, 0.1) is 11.8 Å². The van der Waals surface area contributed by atoms with E-state index in [-0.39, 0.29) is 36.4 Å². The van der Waals surface area contributed by atoms with Crippen molar-refractivity contribution in [3.8, 4) is 0 Å². The molecule has 0 spiro atoms. The first-order chi connectivity index (χ1) is 13.8. The third-order valence-electron chi connectivity index (χ3n) is 5.76. The summed E-state index contributed by atoms with van der Waals surface area (Å²) >= 11 is 0. The van der Waals surface area contributed by atoms with Crippen molar-refractivity contribution < 1.29 is 14.4 Å². The van der Waals surface area contributed by atoms with Gasteiger partial charge in [0.2, 0.25) is 11.8 Å². The molecule has 2 rings (SSSR count). The van der Waals surface area contributed by atoms with Gasteiger partial charge in [0, 0.05) is 50.5 Å². The van der Waals surface area contributed by atoms with Gasteiger partial charge < -0.3 is 9.80 Å². The van der Waals surface area contributed by atoms with E-state index in [4.69, 9.17) is 0 Å². The van der Waals surface area contributed by atoms with Crippen LogP contribution in [0.4, 0.5) is 0 Å². The van der Waals surface area contributed by atoms with E-state index in [1.807, 2.05) is 47.9 Å². The molecule has 0 bridgehead atoms. The summed E-state index contributed by atoms with van der Waals surface area (Å²) in [4.78, 5) is 41.1. The van der Waals surface area contributed by atoms with Crippen LogP contribution >= 0.6 is 0 Å². The lowest BCUT2D eigenvalue weighted by Gasteiger charge is -2.33. The molecule has 1 saturated heterocycles. The molecule has 5 heteroatoms. The Morgan fingerprint density at radius 2 is 1.59 bits per heavy atom. The van der Waals surface area contributed by atoms with Gasteiger partial charge in [-0.3, -0.25) is 14.4 Å². The van der Waals surface area contributed by atoms with Crippen LogP contribution in [0.25, 0.3) is 0 Å². The average molecular weight is 401 g/mol. The Kier molecular flexibility index (Phi) is 8.87. The Bertz CT molecular complexity index is 685. The minimum atomic E-state index is 0.0149. The van der Waals surface area contributed by atoms with Crippen molar-refractivity contribution in [2.45, 2.75) is 59.8 Å². The van der Waals surface area contributed by atoms with Crippen LogP contribution in [0.1, 0.15) is 69.3 Å². The highest BCUT2D eigenvalue weighted by atomic mass is 16.2. The van der Waals surface area contributed by atoms with Gasteiger partial charge >= 0.3 is 0 Å². The molecular formula is C24H36N2O3. The second-order valence-corrected chi connectivity index (χ2v) is 8.38.